The van der Waals surface area contributed by atoms with Crippen LogP contribution < -0.4 is 5.32 Å². The van der Waals surface area contributed by atoms with Gasteiger partial charge in [0, 0.05) is 12.6 Å². The monoisotopic (exact) mass is 254 g/mol. The van der Waals surface area contributed by atoms with Gasteiger partial charge in [-0.1, -0.05) is 19.8 Å². The zero-order valence-electron chi connectivity index (χ0n) is 12.0. The molecule has 2 rings (SSSR count). The summed E-state index contributed by atoms with van der Waals surface area (Å²) in [5.74, 6) is 0. The summed E-state index contributed by atoms with van der Waals surface area (Å²) in [6.07, 6.45) is 9.73. The molecule has 0 aromatic heterocycles. The van der Waals surface area contributed by atoms with E-state index in [1.165, 1.54) is 64.6 Å². The molecular formula is C15H30N2O. The number of rotatable bonds is 5. The first-order chi connectivity index (χ1) is 8.88. The van der Waals surface area contributed by atoms with Gasteiger partial charge in [0.05, 0.1) is 12.7 Å². The first kappa shape index (κ1) is 14.3. The molecule has 1 N–H and O–H groups in total. The molecule has 0 bridgehead atoms. The summed E-state index contributed by atoms with van der Waals surface area (Å²) in [5, 5.41) is 3.63. The summed E-state index contributed by atoms with van der Waals surface area (Å²) in [6, 6.07) is 0.726. The molecular weight excluding hydrogens is 224 g/mol. The smallest absolute Gasteiger partial charge is 0.0597 e. The van der Waals surface area contributed by atoms with Crippen molar-refractivity contribution in [2.45, 2.75) is 64.0 Å². The van der Waals surface area contributed by atoms with E-state index in [0.29, 0.717) is 6.10 Å². The highest BCUT2D eigenvalue weighted by Crippen LogP contribution is 2.20. The minimum absolute atomic E-state index is 0.574. The SMILES string of the molecule is CCC1CCN(CCOC2CCCC2)CCCN1. The standard InChI is InChI=1S/C15H30N2O/c1-2-14-8-11-17(10-5-9-16-14)12-13-18-15-6-3-4-7-15/h14-16H,2-13H2,1H3. The molecule has 3 heteroatoms. The first-order valence-corrected chi connectivity index (χ1v) is 7.96. The van der Waals surface area contributed by atoms with Crippen molar-refractivity contribution in [1.82, 2.24) is 10.2 Å². The maximum Gasteiger partial charge on any atom is 0.0597 e. The Bertz CT molecular complexity index is 217. The summed E-state index contributed by atoms with van der Waals surface area (Å²) in [4.78, 5) is 2.60. The molecule has 18 heavy (non-hydrogen) atoms. The summed E-state index contributed by atoms with van der Waals surface area (Å²) in [7, 11) is 0. The van der Waals surface area contributed by atoms with Gasteiger partial charge in [-0.3, -0.25) is 0 Å². The van der Waals surface area contributed by atoms with Gasteiger partial charge in [-0.25, -0.2) is 0 Å². The van der Waals surface area contributed by atoms with E-state index < -0.39 is 0 Å². The molecule has 3 nitrogen and oxygen atoms in total. The van der Waals surface area contributed by atoms with Crippen LogP contribution in [0.2, 0.25) is 0 Å². The fourth-order valence-corrected chi connectivity index (χ4v) is 3.14. The van der Waals surface area contributed by atoms with E-state index in [-0.39, 0.29) is 0 Å². The molecule has 1 heterocycles. The average Bonchev–Trinajstić information content (AvgIpc) is 2.85. The van der Waals surface area contributed by atoms with Crippen molar-refractivity contribution >= 4 is 0 Å². The van der Waals surface area contributed by atoms with Gasteiger partial charge in [-0.05, 0) is 51.7 Å². The second-order valence-corrected chi connectivity index (χ2v) is 5.82. The highest BCUT2D eigenvalue weighted by molar-refractivity contribution is 4.73. The lowest BCUT2D eigenvalue weighted by atomic mass is 10.1. The van der Waals surface area contributed by atoms with Crippen LogP contribution in [-0.2, 0) is 4.74 Å². The van der Waals surface area contributed by atoms with Crippen molar-refractivity contribution in [1.29, 1.82) is 0 Å². The van der Waals surface area contributed by atoms with Crippen LogP contribution in [0.15, 0.2) is 0 Å². The van der Waals surface area contributed by atoms with Crippen LogP contribution in [0, 0.1) is 0 Å². The van der Waals surface area contributed by atoms with Crippen LogP contribution in [0.1, 0.15) is 51.9 Å². The van der Waals surface area contributed by atoms with Gasteiger partial charge in [0.15, 0.2) is 0 Å². The van der Waals surface area contributed by atoms with E-state index in [4.69, 9.17) is 4.74 Å². The molecule has 1 aliphatic heterocycles. The van der Waals surface area contributed by atoms with Gasteiger partial charge < -0.3 is 15.0 Å². The van der Waals surface area contributed by atoms with Gasteiger partial charge in [0.2, 0.25) is 0 Å². The van der Waals surface area contributed by atoms with Crippen LogP contribution in [-0.4, -0.2) is 49.8 Å². The largest absolute Gasteiger partial charge is 0.377 e. The maximum atomic E-state index is 5.97. The van der Waals surface area contributed by atoms with E-state index >= 15 is 0 Å². The lowest BCUT2D eigenvalue weighted by molar-refractivity contribution is 0.0400. The Morgan fingerprint density at radius 2 is 1.94 bits per heavy atom. The molecule has 1 saturated heterocycles. The van der Waals surface area contributed by atoms with Crippen LogP contribution in [0.4, 0.5) is 0 Å². The lowest BCUT2D eigenvalue weighted by Crippen LogP contribution is -2.40. The van der Waals surface area contributed by atoms with E-state index in [1.54, 1.807) is 0 Å². The van der Waals surface area contributed by atoms with Gasteiger partial charge in [-0.2, -0.15) is 0 Å². The topological polar surface area (TPSA) is 24.5 Å². The molecule has 0 amide bonds. The zero-order chi connectivity index (χ0) is 12.6. The van der Waals surface area contributed by atoms with E-state index in [0.717, 1.165) is 19.2 Å². The Morgan fingerprint density at radius 1 is 1.11 bits per heavy atom. The molecule has 0 spiro atoms. The van der Waals surface area contributed by atoms with Crippen LogP contribution in [0.5, 0.6) is 0 Å². The predicted octanol–water partition coefficient (Wildman–Crippen LogP) is 2.41. The molecule has 2 aliphatic rings. The molecule has 1 atom stereocenters. The minimum atomic E-state index is 0.574. The molecule has 1 saturated carbocycles. The summed E-state index contributed by atoms with van der Waals surface area (Å²) in [6.45, 7) is 8.00. The Morgan fingerprint density at radius 3 is 2.72 bits per heavy atom. The van der Waals surface area contributed by atoms with Gasteiger partial charge in [-0.15, -0.1) is 0 Å². The van der Waals surface area contributed by atoms with E-state index in [9.17, 15) is 0 Å². The first-order valence-electron chi connectivity index (χ1n) is 7.96. The van der Waals surface area contributed by atoms with Crippen LogP contribution in [0.3, 0.4) is 0 Å². The van der Waals surface area contributed by atoms with Gasteiger partial charge in [0.25, 0.3) is 0 Å². The molecule has 0 aromatic rings. The highest BCUT2D eigenvalue weighted by atomic mass is 16.5. The molecule has 0 aromatic carbocycles. The normalized spacial score (nSPS) is 28.2. The third-order valence-electron chi connectivity index (χ3n) is 4.43. The van der Waals surface area contributed by atoms with Gasteiger partial charge >= 0.3 is 0 Å². The predicted molar refractivity (Wildman–Crippen MR) is 76.0 cm³/mol. The quantitative estimate of drug-likeness (QED) is 0.815. The van der Waals surface area contributed by atoms with Crippen molar-refractivity contribution in [2.75, 3.05) is 32.8 Å². The Balaban J connectivity index is 1.61. The Kier molecular flexibility index (Phi) is 6.46. The van der Waals surface area contributed by atoms with E-state index in [1.807, 2.05) is 0 Å². The van der Waals surface area contributed by atoms with Crippen molar-refractivity contribution in [3.8, 4) is 0 Å². The fourth-order valence-electron chi connectivity index (χ4n) is 3.14. The van der Waals surface area contributed by atoms with Crippen molar-refractivity contribution in [2.24, 2.45) is 0 Å². The number of nitrogens with one attached hydrogen (secondary N) is 1. The second kappa shape index (κ2) is 8.13. The third kappa shape index (κ3) is 4.87. The minimum Gasteiger partial charge on any atom is -0.377 e. The Hall–Kier alpha value is -0.120. The molecule has 2 fully saturated rings. The summed E-state index contributed by atoms with van der Waals surface area (Å²) >= 11 is 0. The van der Waals surface area contributed by atoms with Crippen molar-refractivity contribution in [3.05, 3.63) is 0 Å². The second-order valence-electron chi connectivity index (χ2n) is 5.82. The number of hydrogen-bond donors (Lipinski definition) is 1. The molecule has 1 unspecified atom stereocenters. The van der Waals surface area contributed by atoms with E-state index in [2.05, 4.69) is 17.1 Å². The van der Waals surface area contributed by atoms with Crippen LogP contribution >= 0.6 is 0 Å². The summed E-state index contributed by atoms with van der Waals surface area (Å²) in [5.41, 5.74) is 0. The average molecular weight is 254 g/mol. The maximum absolute atomic E-state index is 5.97. The zero-order valence-corrected chi connectivity index (χ0v) is 12.0. The van der Waals surface area contributed by atoms with Crippen molar-refractivity contribution in [3.63, 3.8) is 0 Å². The Labute approximate surface area is 112 Å². The lowest BCUT2D eigenvalue weighted by Gasteiger charge is -2.29. The number of hydrogen-bond acceptors (Lipinski definition) is 3. The molecule has 0 radical (unpaired) electrons. The van der Waals surface area contributed by atoms with Crippen molar-refractivity contribution < 1.29 is 4.74 Å². The van der Waals surface area contributed by atoms with Gasteiger partial charge in [0.1, 0.15) is 0 Å². The highest BCUT2D eigenvalue weighted by Gasteiger charge is 2.17. The molecule has 1 aliphatic carbocycles. The third-order valence-corrected chi connectivity index (χ3v) is 4.43. The number of ether oxygens (including phenoxy) is 1. The fraction of sp³-hybridized carbons (Fsp3) is 1.00. The van der Waals surface area contributed by atoms with Crippen LogP contribution in [0.25, 0.3) is 0 Å². The number of nitrogens with zero attached hydrogens (tertiary/aromatic N) is 1. The molecule has 106 valence electrons. The summed E-state index contributed by atoms with van der Waals surface area (Å²) < 4.78 is 5.97.